The van der Waals surface area contributed by atoms with Gasteiger partial charge in [0.25, 0.3) is 18.8 Å². The Morgan fingerprint density at radius 3 is 2.28 bits per heavy atom. The van der Waals surface area contributed by atoms with Crippen LogP contribution in [-0.4, -0.2) is 50.1 Å². The van der Waals surface area contributed by atoms with Crippen molar-refractivity contribution in [2.45, 2.75) is 31.2 Å². The fraction of sp³-hybridized carbons (Fsp3) is 0.545. The van der Waals surface area contributed by atoms with Crippen LogP contribution < -0.4 is 0 Å². The first-order chi connectivity index (χ1) is 11.3. The average Bonchev–Trinajstić information content (AvgIpc) is 2.97. The van der Waals surface area contributed by atoms with E-state index in [1.165, 1.54) is 0 Å². The third kappa shape index (κ3) is 3.23. The number of carbonyl (C=O) groups is 1. The normalized spacial score (nSPS) is 21.4. The van der Waals surface area contributed by atoms with Crippen LogP contribution >= 0.6 is 15.9 Å². The van der Waals surface area contributed by atoms with Crippen molar-refractivity contribution in [3.05, 3.63) is 15.9 Å². The van der Waals surface area contributed by atoms with E-state index in [1.807, 2.05) is 0 Å². The number of hydrazone groups is 1. The second-order valence-electron chi connectivity index (χ2n) is 5.00. The lowest BCUT2D eigenvalue weighted by Crippen LogP contribution is -2.52. The minimum Gasteiger partial charge on any atom is -0.364 e. The summed E-state index contributed by atoms with van der Waals surface area (Å²) in [5.41, 5.74) is -7.04. The molecule has 1 aliphatic rings. The van der Waals surface area contributed by atoms with E-state index in [4.69, 9.17) is 0 Å². The highest BCUT2D eigenvalue weighted by molar-refractivity contribution is 9.10. The Kier molecular flexibility index (Phi) is 4.89. The molecule has 2 heterocycles. The molecule has 0 aromatic carbocycles. The highest BCUT2D eigenvalue weighted by Crippen LogP contribution is 2.39. The van der Waals surface area contributed by atoms with Crippen molar-refractivity contribution in [2.24, 2.45) is 12.1 Å². The molecule has 0 bridgehead atoms. The molecule has 2 rings (SSSR count). The molecule has 0 radical (unpaired) electrons. The van der Waals surface area contributed by atoms with E-state index in [-0.39, 0.29) is 5.01 Å². The second-order valence-corrected chi connectivity index (χ2v) is 5.79. The average molecular weight is 441 g/mol. The Hall–Kier alpha value is -1.70. The lowest BCUT2D eigenvalue weighted by molar-refractivity contribution is -0.164. The molecule has 6 nitrogen and oxygen atoms in total. The first kappa shape index (κ1) is 19.6. The van der Waals surface area contributed by atoms with E-state index in [1.54, 1.807) is 0 Å². The van der Waals surface area contributed by atoms with Crippen LogP contribution in [0.1, 0.15) is 22.6 Å². The van der Waals surface area contributed by atoms with Gasteiger partial charge in [-0.1, -0.05) is 0 Å². The predicted octanol–water partition coefficient (Wildman–Crippen LogP) is 2.62. The molecule has 0 fully saturated rings. The van der Waals surface area contributed by atoms with Crippen LogP contribution in [0.3, 0.4) is 0 Å². The van der Waals surface area contributed by atoms with Gasteiger partial charge in [0.15, 0.2) is 5.69 Å². The third-order valence-corrected chi connectivity index (χ3v) is 4.04. The van der Waals surface area contributed by atoms with Crippen LogP contribution in [0, 0.1) is 0 Å². The first-order valence-electron chi connectivity index (χ1n) is 6.31. The van der Waals surface area contributed by atoms with Gasteiger partial charge in [0.05, 0.1) is 4.47 Å². The number of aromatic nitrogens is 2. The number of rotatable bonds is 3. The summed E-state index contributed by atoms with van der Waals surface area (Å²) in [6, 6.07) is 0. The monoisotopic (exact) mass is 440 g/mol. The molecule has 1 aliphatic heterocycles. The van der Waals surface area contributed by atoms with Gasteiger partial charge in [-0.2, -0.15) is 28.4 Å². The van der Waals surface area contributed by atoms with Crippen LogP contribution in [0.2, 0.25) is 0 Å². The topological polar surface area (TPSA) is 70.7 Å². The number of aryl methyl sites for hydroxylation is 1. The number of aliphatic hydroxyl groups is 1. The molecule has 0 unspecified atom stereocenters. The van der Waals surface area contributed by atoms with Crippen molar-refractivity contribution < 1.29 is 40.6 Å². The molecule has 1 aromatic heterocycles. The highest BCUT2D eigenvalue weighted by atomic mass is 79.9. The number of nitrogens with zero attached hydrogens (tertiary/aromatic N) is 4. The Bertz CT molecular complexity index is 733. The molecule has 0 saturated carbocycles. The number of alkyl halides is 7. The second kappa shape index (κ2) is 6.23. The quantitative estimate of drug-likeness (QED) is 0.734. The summed E-state index contributed by atoms with van der Waals surface area (Å²) in [5, 5.41) is 15.5. The summed E-state index contributed by atoms with van der Waals surface area (Å²) in [4.78, 5) is 12.3. The van der Waals surface area contributed by atoms with Crippen LogP contribution in [-0.2, 0) is 13.2 Å². The van der Waals surface area contributed by atoms with Gasteiger partial charge in [0, 0.05) is 13.5 Å². The summed E-state index contributed by atoms with van der Waals surface area (Å²) in [6.07, 6.45) is -13.4. The predicted molar refractivity (Wildman–Crippen MR) is 71.1 cm³/mol. The maximum Gasteiger partial charge on any atom is 0.436 e. The molecule has 14 heteroatoms. The number of carbonyl (C=O) groups excluding carboxylic acids is 1. The minimum atomic E-state index is -4.98. The lowest BCUT2D eigenvalue weighted by atomic mass is 10.1. The van der Waals surface area contributed by atoms with Crippen LogP contribution in [0.4, 0.5) is 30.7 Å². The number of amides is 1. The molecule has 1 atom stereocenters. The lowest BCUT2D eigenvalue weighted by Gasteiger charge is -2.29. The zero-order valence-corrected chi connectivity index (χ0v) is 13.6. The van der Waals surface area contributed by atoms with Crippen LogP contribution in [0.15, 0.2) is 9.57 Å². The van der Waals surface area contributed by atoms with Gasteiger partial charge < -0.3 is 5.11 Å². The summed E-state index contributed by atoms with van der Waals surface area (Å²) < 4.78 is 89.5. The summed E-state index contributed by atoms with van der Waals surface area (Å²) in [6.45, 7) is 0. The van der Waals surface area contributed by atoms with E-state index in [2.05, 4.69) is 26.1 Å². The van der Waals surface area contributed by atoms with Gasteiger partial charge in [-0.3, -0.25) is 9.48 Å². The smallest absolute Gasteiger partial charge is 0.364 e. The van der Waals surface area contributed by atoms with Crippen molar-refractivity contribution in [2.75, 3.05) is 0 Å². The van der Waals surface area contributed by atoms with E-state index in [9.17, 15) is 40.6 Å². The van der Waals surface area contributed by atoms with Gasteiger partial charge in [0.2, 0.25) is 5.72 Å². The third-order valence-electron chi connectivity index (χ3n) is 3.29. The molecule has 1 N–H and O–H groups in total. The van der Waals surface area contributed by atoms with Crippen molar-refractivity contribution in [3.63, 3.8) is 0 Å². The van der Waals surface area contributed by atoms with Crippen LogP contribution in [0.25, 0.3) is 0 Å². The Morgan fingerprint density at radius 1 is 1.32 bits per heavy atom. The van der Waals surface area contributed by atoms with E-state index >= 15 is 0 Å². The SMILES string of the molecule is Cn1nc(C(F)(F)F)c(Br)c1C(=O)N1N=C(C(F)F)C[C@]1(O)C(F)F. The Labute approximate surface area is 143 Å². The van der Waals surface area contributed by atoms with Gasteiger partial charge in [-0.15, -0.1) is 0 Å². The van der Waals surface area contributed by atoms with Gasteiger partial charge in [-0.05, 0) is 15.9 Å². The van der Waals surface area contributed by atoms with Crippen LogP contribution in [0.5, 0.6) is 0 Å². The largest absolute Gasteiger partial charge is 0.436 e. The zero-order valence-electron chi connectivity index (χ0n) is 12.0. The molecular weight excluding hydrogens is 433 g/mol. The number of hydrogen-bond acceptors (Lipinski definition) is 4. The van der Waals surface area contributed by atoms with Gasteiger partial charge in [0.1, 0.15) is 11.4 Å². The van der Waals surface area contributed by atoms with Gasteiger partial charge >= 0.3 is 6.18 Å². The first-order valence-corrected chi connectivity index (χ1v) is 7.10. The summed E-state index contributed by atoms with van der Waals surface area (Å²) >= 11 is 2.49. The number of halogens is 8. The fourth-order valence-corrected chi connectivity index (χ4v) is 2.85. The Balaban J connectivity index is 2.54. The zero-order chi connectivity index (χ0) is 19.3. The van der Waals surface area contributed by atoms with Crippen molar-refractivity contribution in [3.8, 4) is 0 Å². The Morgan fingerprint density at radius 2 is 1.88 bits per heavy atom. The minimum absolute atomic E-state index is 0.346. The number of hydrogen-bond donors (Lipinski definition) is 1. The maximum absolute atomic E-state index is 13.1. The molecular formula is C11H8BrF7N4O2. The van der Waals surface area contributed by atoms with E-state index in [0.29, 0.717) is 4.68 Å². The molecule has 1 amide bonds. The highest BCUT2D eigenvalue weighted by Gasteiger charge is 2.54. The summed E-state index contributed by atoms with van der Waals surface area (Å²) in [5.74, 6) is -1.66. The van der Waals surface area contributed by atoms with Crippen molar-refractivity contribution in [1.82, 2.24) is 14.8 Å². The maximum atomic E-state index is 13.1. The van der Waals surface area contributed by atoms with Crippen molar-refractivity contribution >= 4 is 27.5 Å². The van der Waals surface area contributed by atoms with E-state index in [0.717, 1.165) is 7.05 Å². The summed E-state index contributed by atoms with van der Waals surface area (Å²) in [7, 11) is 0.905. The fourth-order valence-electron chi connectivity index (χ4n) is 2.12. The molecule has 0 spiro atoms. The molecule has 1 aromatic rings. The van der Waals surface area contributed by atoms with Gasteiger partial charge in [-0.25, -0.2) is 17.6 Å². The standard InChI is InChI=1S/C11H8BrF7N4O2/c1-22-5(4(12)6(21-22)11(17,18)19)8(24)23-10(25,9(15)16)2-3(20-23)7(13)14/h7,9,25H,2H2,1H3/t10-/m0/s1. The molecule has 25 heavy (non-hydrogen) atoms. The molecule has 0 aliphatic carbocycles. The molecule has 140 valence electrons. The van der Waals surface area contributed by atoms with E-state index < -0.39 is 58.7 Å². The van der Waals surface area contributed by atoms with Crippen molar-refractivity contribution in [1.29, 1.82) is 0 Å². The molecule has 0 saturated heterocycles.